The average Bonchev–Trinajstić information content (AvgIpc) is 2.94. The second kappa shape index (κ2) is 6.83. The van der Waals surface area contributed by atoms with Crippen molar-refractivity contribution in [2.75, 3.05) is 23.7 Å². The van der Waals surface area contributed by atoms with Crippen molar-refractivity contribution in [3.8, 4) is 0 Å². The summed E-state index contributed by atoms with van der Waals surface area (Å²) in [6.45, 7) is 1.21. The number of aliphatic imine (C=N–C) groups is 2. The highest BCUT2D eigenvalue weighted by Crippen LogP contribution is 2.33. The van der Waals surface area contributed by atoms with E-state index in [9.17, 15) is 4.79 Å². The van der Waals surface area contributed by atoms with Gasteiger partial charge in [0.25, 0.3) is 5.91 Å². The fourth-order valence-electron chi connectivity index (χ4n) is 2.92. The first-order chi connectivity index (χ1) is 12.1. The molecule has 0 unspecified atom stereocenters. The first-order valence-corrected chi connectivity index (χ1v) is 9.49. The summed E-state index contributed by atoms with van der Waals surface area (Å²) in [5.74, 6) is 0.277. The predicted molar refractivity (Wildman–Crippen MR) is 106 cm³/mol. The molecule has 0 aliphatic carbocycles. The highest BCUT2D eigenvalue weighted by atomic mass is 35.5. The minimum absolute atomic E-state index is 0.105. The van der Waals surface area contributed by atoms with E-state index < -0.39 is 0 Å². The van der Waals surface area contributed by atoms with E-state index in [1.165, 1.54) is 11.8 Å². The van der Waals surface area contributed by atoms with Gasteiger partial charge >= 0.3 is 0 Å². The van der Waals surface area contributed by atoms with Crippen molar-refractivity contribution in [3.63, 3.8) is 0 Å². The van der Waals surface area contributed by atoms with Crippen LogP contribution in [-0.2, 0) is 4.79 Å². The van der Waals surface area contributed by atoms with Gasteiger partial charge in [-0.25, -0.2) is 0 Å². The van der Waals surface area contributed by atoms with Crippen LogP contribution in [0.3, 0.4) is 0 Å². The number of halogens is 2. The van der Waals surface area contributed by atoms with Crippen LogP contribution in [0.5, 0.6) is 0 Å². The summed E-state index contributed by atoms with van der Waals surface area (Å²) in [5, 5.41) is 1.98. The van der Waals surface area contributed by atoms with Crippen LogP contribution in [0.2, 0.25) is 10.0 Å². The summed E-state index contributed by atoms with van der Waals surface area (Å²) in [7, 11) is 0. The molecule has 0 N–H and O–H groups in total. The maximum Gasteiger partial charge on any atom is 0.258 e. The second-order valence-electron chi connectivity index (χ2n) is 5.60. The fourth-order valence-corrected chi connectivity index (χ4v) is 4.15. The number of amidine groups is 1. The Morgan fingerprint density at radius 1 is 1.08 bits per heavy atom. The first-order valence-electron chi connectivity index (χ1n) is 7.74. The second-order valence-corrected chi connectivity index (χ2v) is 7.39. The van der Waals surface area contributed by atoms with E-state index in [2.05, 4.69) is 4.99 Å². The molecule has 2 aliphatic rings. The van der Waals surface area contributed by atoms with Gasteiger partial charge in [-0.1, -0.05) is 53.2 Å². The van der Waals surface area contributed by atoms with Crippen molar-refractivity contribution in [1.29, 1.82) is 0 Å². The third-order valence-electron chi connectivity index (χ3n) is 4.00. The molecule has 0 saturated heterocycles. The molecule has 2 heterocycles. The van der Waals surface area contributed by atoms with Crippen molar-refractivity contribution in [2.24, 2.45) is 9.98 Å². The molecular weight excluding hydrogens is 377 g/mol. The number of hydrogen-bond acceptors (Lipinski definition) is 4. The van der Waals surface area contributed by atoms with Gasteiger partial charge in [-0.05, 0) is 24.3 Å². The summed E-state index contributed by atoms with van der Waals surface area (Å²) in [6.07, 6.45) is 0. The summed E-state index contributed by atoms with van der Waals surface area (Å²) in [6, 6.07) is 13.3. The van der Waals surface area contributed by atoms with E-state index in [0.29, 0.717) is 34.1 Å². The van der Waals surface area contributed by atoms with E-state index in [0.717, 1.165) is 22.5 Å². The van der Waals surface area contributed by atoms with E-state index >= 15 is 0 Å². The molecule has 2 aliphatic heterocycles. The van der Waals surface area contributed by atoms with Crippen LogP contribution in [0.25, 0.3) is 0 Å². The molecular formula is C18H13Cl2N3OS. The molecule has 0 bridgehead atoms. The first kappa shape index (κ1) is 16.6. The van der Waals surface area contributed by atoms with Crippen molar-refractivity contribution in [1.82, 2.24) is 0 Å². The molecule has 4 rings (SSSR count). The summed E-state index contributed by atoms with van der Waals surface area (Å²) in [4.78, 5) is 22.5. The highest BCUT2D eigenvalue weighted by molar-refractivity contribution is 8.15. The molecule has 0 aromatic heterocycles. The smallest absolute Gasteiger partial charge is 0.258 e. The van der Waals surface area contributed by atoms with Crippen molar-refractivity contribution < 1.29 is 4.79 Å². The average molecular weight is 390 g/mol. The van der Waals surface area contributed by atoms with Gasteiger partial charge in [0.05, 0.1) is 23.7 Å². The summed E-state index contributed by atoms with van der Waals surface area (Å²) >= 11 is 14.1. The van der Waals surface area contributed by atoms with Gasteiger partial charge in [0, 0.05) is 27.7 Å². The van der Waals surface area contributed by atoms with Crippen LogP contribution < -0.4 is 4.90 Å². The number of thioether (sulfide) groups is 1. The van der Waals surface area contributed by atoms with Gasteiger partial charge < -0.3 is 4.90 Å². The Bertz CT molecular complexity index is 926. The minimum atomic E-state index is -0.105. The number of hydrogen-bond donors (Lipinski definition) is 0. The zero-order valence-corrected chi connectivity index (χ0v) is 15.4. The highest BCUT2D eigenvalue weighted by Gasteiger charge is 2.27. The maximum atomic E-state index is 11.6. The van der Waals surface area contributed by atoms with Gasteiger partial charge in [0.2, 0.25) is 0 Å². The maximum absolute atomic E-state index is 11.6. The van der Waals surface area contributed by atoms with Crippen LogP contribution in [0.1, 0.15) is 11.1 Å². The van der Waals surface area contributed by atoms with E-state index in [-0.39, 0.29) is 5.91 Å². The molecule has 4 nitrogen and oxygen atoms in total. The number of carbonyl (C=O) groups excluding carboxylic acids is 1. The Hall–Kier alpha value is -1.82. The number of benzene rings is 2. The van der Waals surface area contributed by atoms with Gasteiger partial charge in [0.15, 0.2) is 5.17 Å². The number of carbonyl (C=O) groups is 1. The number of rotatable bonds is 1. The number of amides is 1. The Morgan fingerprint density at radius 2 is 1.92 bits per heavy atom. The molecule has 0 fully saturated rings. The van der Waals surface area contributed by atoms with Crippen LogP contribution in [0.4, 0.5) is 5.69 Å². The summed E-state index contributed by atoms with van der Waals surface area (Å²) < 4.78 is 0. The molecule has 7 heteroatoms. The quantitative estimate of drug-likeness (QED) is 0.730. The fraction of sp³-hybridized carbons (Fsp3) is 0.167. The van der Waals surface area contributed by atoms with Gasteiger partial charge in [-0.3, -0.25) is 9.79 Å². The van der Waals surface area contributed by atoms with Gasteiger partial charge in [-0.2, -0.15) is 4.99 Å². The Labute approximate surface area is 159 Å². The van der Waals surface area contributed by atoms with Crippen LogP contribution in [0, 0.1) is 0 Å². The molecule has 0 radical (unpaired) electrons. The number of nitrogens with zero attached hydrogens (tertiary/aromatic N) is 3. The SMILES string of the molecule is O=C1CSC(N2CCN=C(c3ccccc3Cl)c3cc(Cl)ccc32)=N1. The summed E-state index contributed by atoms with van der Waals surface area (Å²) in [5.41, 5.74) is 3.49. The van der Waals surface area contributed by atoms with Gasteiger partial charge in [-0.15, -0.1) is 0 Å². The number of benzodiazepines with no additional fused rings is 1. The van der Waals surface area contributed by atoms with Crippen LogP contribution >= 0.6 is 35.0 Å². The van der Waals surface area contributed by atoms with Crippen LogP contribution in [-0.4, -0.2) is 35.6 Å². The molecule has 1 amide bonds. The van der Waals surface area contributed by atoms with Crippen molar-refractivity contribution in [3.05, 3.63) is 63.6 Å². The predicted octanol–water partition coefficient (Wildman–Crippen LogP) is 4.28. The largest absolute Gasteiger partial charge is 0.318 e. The number of anilines is 1. The normalized spacial score (nSPS) is 17.0. The topological polar surface area (TPSA) is 45.0 Å². The third-order valence-corrected chi connectivity index (χ3v) is 5.53. The Kier molecular flexibility index (Phi) is 4.54. The lowest BCUT2D eigenvalue weighted by Gasteiger charge is -2.24. The van der Waals surface area contributed by atoms with E-state index in [4.69, 9.17) is 28.2 Å². The Morgan fingerprint density at radius 3 is 2.68 bits per heavy atom. The van der Waals surface area contributed by atoms with Crippen molar-refractivity contribution >= 4 is 57.4 Å². The van der Waals surface area contributed by atoms with Crippen LogP contribution in [0.15, 0.2) is 52.4 Å². The third kappa shape index (κ3) is 3.19. The Balaban J connectivity index is 1.87. The zero-order chi connectivity index (χ0) is 17.4. The molecule has 0 spiro atoms. The van der Waals surface area contributed by atoms with E-state index in [1.807, 2.05) is 47.4 Å². The van der Waals surface area contributed by atoms with Crippen molar-refractivity contribution in [2.45, 2.75) is 0 Å². The number of fused-ring (bicyclic) bond motifs is 1. The molecule has 0 saturated carbocycles. The zero-order valence-electron chi connectivity index (χ0n) is 13.1. The molecule has 2 aromatic rings. The lowest BCUT2D eigenvalue weighted by atomic mass is 10.00. The molecule has 126 valence electrons. The lowest BCUT2D eigenvalue weighted by Crippen LogP contribution is -2.30. The monoisotopic (exact) mass is 389 g/mol. The molecule has 0 atom stereocenters. The van der Waals surface area contributed by atoms with Gasteiger partial charge in [0.1, 0.15) is 0 Å². The standard InChI is InChI=1S/C18H13Cl2N3OS/c19-11-5-6-15-13(9-11)17(12-3-1-2-4-14(12)20)21-7-8-23(15)18-22-16(24)10-25-18/h1-6,9H,7-8,10H2. The molecule has 2 aromatic carbocycles. The minimum Gasteiger partial charge on any atom is -0.318 e. The van der Waals surface area contributed by atoms with E-state index in [1.54, 1.807) is 0 Å². The molecule has 25 heavy (non-hydrogen) atoms. The lowest BCUT2D eigenvalue weighted by molar-refractivity contribution is -0.115.